The summed E-state index contributed by atoms with van der Waals surface area (Å²) in [6.45, 7) is 1.59. The van der Waals surface area contributed by atoms with Crippen molar-refractivity contribution in [3.63, 3.8) is 0 Å². The van der Waals surface area contributed by atoms with Gasteiger partial charge in [0.2, 0.25) is 0 Å². The van der Waals surface area contributed by atoms with Crippen LogP contribution in [0.2, 0.25) is 5.02 Å². The Bertz CT molecular complexity index is 1660. The van der Waals surface area contributed by atoms with E-state index in [4.69, 9.17) is 31.8 Å². The van der Waals surface area contributed by atoms with Crippen LogP contribution < -0.4 is 10.5 Å². The van der Waals surface area contributed by atoms with Crippen LogP contribution in [0.25, 0.3) is 16.8 Å². The molecule has 1 aliphatic heterocycles. The van der Waals surface area contributed by atoms with Crippen molar-refractivity contribution >= 4 is 29.0 Å². The molecule has 208 valence electrons. The number of imidazole rings is 1. The van der Waals surface area contributed by atoms with E-state index in [1.54, 1.807) is 27.7 Å². The monoisotopic (exact) mass is 569 g/mol. The summed E-state index contributed by atoms with van der Waals surface area (Å²) in [5, 5.41) is 4.91. The molecule has 1 amide bonds. The van der Waals surface area contributed by atoms with Crippen molar-refractivity contribution in [1.82, 2.24) is 29.5 Å². The van der Waals surface area contributed by atoms with Gasteiger partial charge in [0.1, 0.15) is 42.3 Å². The smallest absolute Gasteiger partial charge is 0.410 e. The fourth-order valence-electron chi connectivity index (χ4n) is 5.01. The molecule has 2 aromatic carbocycles. The molecule has 41 heavy (non-hydrogen) atoms. The van der Waals surface area contributed by atoms with Gasteiger partial charge in [0, 0.05) is 30.8 Å². The molecular weight excluding hydrogens is 542 g/mol. The Morgan fingerprint density at radius 2 is 1.90 bits per heavy atom. The second-order valence-electron chi connectivity index (χ2n) is 9.80. The number of anilines is 1. The highest BCUT2D eigenvalue weighted by Crippen LogP contribution is 2.36. The highest BCUT2D eigenvalue weighted by Gasteiger charge is 2.30. The number of carbonyl (C=O) groups is 1. The Hall–Kier alpha value is -4.70. The molecule has 0 bridgehead atoms. The van der Waals surface area contributed by atoms with Crippen LogP contribution in [0.15, 0.2) is 79.3 Å². The first-order valence-corrected chi connectivity index (χ1v) is 13.7. The van der Waals surface area contributed by atoms with Gasteiger partial charge in [-0.15, -0.1) is 0 Å². The number of pyridine rings is 1. The van der Waals surface area contributed by atoms with E-state index in [-0.39, 0.29) is 18.6 Å². The summed E-state index contributed by atoms with van der Waals surface area (Å²) in [6.07, 6.45) is 4.43. The van der Waals surface area contributed by atoms with Crippen molar-refractivity contribution in [2.24, 2.45) is 0 Å². The van der Waals surface area contributed by atoms with E-state index in [1.807, 2.05) is 54.6 Å². The van der Waals surface area contributed by atoms with Crippen LogP contribution in [-0.4, -0.2) is 48.6 Å². The molecule has 6 rings (SSSR count). The van der Waals surface area contributed by atoms with Crippen LogP contribution in [0.1, 0.15) is 35.8 Å². The Morgan fingerprint density at radius 1 is 1.05 bits per heavy atom. The number of amides is 1. The second kappa shape index (κ2) is 11.8. The number of carbonyl (C=O) groups excluding carboxylic acids is 1. The minimum atomic E-state index is -0.346. The third-order valence-corrected chi connectivity index (χ3v) is 7.34. The molecule has 0 unspecified atom stereocenters. The molecule has 11 heteroatoms. The zero-order chi connectivity index (χ0) is 28.2. The Kier molecular flexibility index (Phi) is 7.64. The van der Waals surface area contributed by atoms with E-state index in [2.05, 4.69) is 15.1 Å². The number of ether oxygens (including phenoxy) is 2. The van der Waals surface area contributed by atoms with Gasteiger partial charge in [0.25, 0.3) is 0 Å². The number of hydrogen-bond acceptors (Lipinski definition) is 8. The first-order chi connectivity index (χ1) is 20.1. The maximum absolute atomic E-state index is 12.9. The fraction of sp³-hybridized carbons (Fsp3) is 0.233. The van der Waals surface area contributed by atoms with E-state index < -0.39 is 0 Å². The van der Waals surface area contributed by atoms with Crippen molar-refractivity contribution in [3.05, 3.63) is 101 Å². The summed E-state index contributed by atoms with van der Waals surface area (Å²) in [4.78, 5) is 28.1. The van der Waals surface area contributed by atoms with Gasteiger partial charge in [-0.3, -0.25) is 4.98 Å². The van der Waals surface area contributed by atoms with Crippen molar-refractivity contribution in [2.45, 2.75) is 32.0 Å². The van der Waals surface area contributed by atoms with Crippen LogP contribution in [0.4, 0.5) is 10.6 Å². The first-order valence-electron chi connectivity index (χ1n) is 13.3. The summed E-state index contributed by atoms with van der Waals surface area (Å²) < 4.78 is 13.2. The van der Waals surface area contributed by atoms with E-state index in [0.29, 0.717) is 53.3 Å². The topological polar surface area (TPSA) is 121 Å². The van der Waals surface area contributed by atoms with Gasteiger partial charge >= 0.3 is 6.09 Å². The number of aromatic nitrogens is 5. The highest BCUT2D eigenvalue weighted by molar-refractivity contribution is 6.32. The number of rotatable bonds is 7. The minimum absolute atomic E-state index is 0.0694. The van der Waals surface area contributed by atoms with Crippen molar-refractivity contribution < 1.29 is 14.3 Å². The lowest BCUT2D eigenvalue weighted by molar-refractivity contribution is 0.0852. The molecule has 0 aliphatic carbocycles. The number of likely N-dealkylation sites (tertiary alicyclic amines) is 1. The van der Waals surface area contributed by atoms with Gasteiger partial charge in [-0.25, -0.2) is 19.3 Å². The molecule has 5 aromatic rings. The highest BCUT2D eigenvalue weighted by atomic mass is 35.5. The Morgan fingerprint density at radius 3 is 2.71 bits per heavy atom. The maximum Gasteiger partial charge on any atom is 0.410 e. The second-order valence-corrected chi connectivity index (χ2v) is 10.2. The zero-order valence-electron chi connectivity index (χ0n) is 22.2. The number of nitrogens with two attached hydrogens (primary N) is 1. The number of nitrogen functional groups attached to an aromatic ring is 1. The fourth-order valence-corrected chi connectivity index (χ4v) is 5.24. The number of benzene rings is 2. The van der Waals surface area contributed by atoms with Gasteiger partial charge in [-0.2, -0.15) is 5.10 Å². The third-order valence-electron chi connectivity index (χ3n) is 7.04. The molecule has 3 aromatic heterocycles. The lowest BCUT2D eigenvalue weighted by Crippen LogP contribution is -2.39. The minimum Gasteiger partial charge on any atom is -0.486 e. The predicted octanol–water partition coefficient (Wildman–Crippen LogP) is 5.52. The molecule has 0 saturated carbocycles. The summed E-state index contributed by atoms with van der Waals surface area (Å²) in [6, 6.07) is 20.8. The molecule has 4 heterocycles. The molecule has 0 radical (unpaired) electrons. The SMILES string of the molecule is Nc1ncnn2c([C@@H]3CCCN(C(=O)OCc4ccccc4)C3)nc(-c3ccc(OCc4ccccn4)c(Cl)c3)c12. The molecule has 1 fully saturated rings. The van der Waals surface area contributed by atoms with Crippen LogP contribution in [0.5, 0.6) is 5.75 Å². The quantitative estimate of drug-likeness (QED) is 0.272. The summed E-state index contributed by atoms with van der Waals surface area (Å²) in [5.74, 6) is 1.47. The molecule has 1 atom stereocenters. The van der Waals surface area contributed by atoms with Gasteiger partial charge in [0.15, 0.2) is 5.82 Å². The van der Waals surface area contributed by atoms with Gasteiger partial charge < -0.3 is 20.1 Å². The molecule has 10 nitrogen and oxygen atoms in total. The number of nitrogens with zero attached hydrogens (tertiary/aromatic N) is 6. The number of fused-ring (bicyclic) bond motifs is 1. The lowest BCUT2D eigenvalue weighted by Gasteiger charge is -2.31. The summed E-state index contributed by atoms with van der Waals surface area (Å²) in [5.41, 5.74) is 10.0. The summed E-state index contributed by atoms with van der Waals surface area (Å²) >= 11 is 6.62. The molecule has 1 saturated heterocycles. The van der Waals surface area contributed by atoms with Gasteiger partial charge in [0.05, 0.1) is 10.7 Å². The largest absolute Gasteiger partial charge is 0.486 e. The average Bonchev–Trinajstić information content (AvgIpc) is 3.41. The predicted molar refractivity (Wildman–Crippen MR) is 154 cm³/mol. The number of piperidine rings is 1. The average molecular weight is 570 g/mol. The first kappa shape index (κ1) is 26.5. The van der Waals surface area contributed by atoms with Crippen molar-refractivity contribution in [3.8, 4) is 17.0 Å². The normalized spacial score (nSPS) is 15.1. The van der Waals surface area contributed by atoms with E-state index >= 15 is 0 Å². The Balaban J connectivity index is 1.24. The van der Waals surface area contributed by atoms with E-state index in [9.17, 15) is 4.79 Å². The van der Waals surface area contributed by atoms with Crippen LogP contribution in [-0.2, 0) is 18.0 Å². The lowest BCUT2D eigenvalue weighted by atomic mass is 9.97. The van der Waals surface area contributed by atoms with E-state index in [1.165, 1.54) is 6.33 Å². The molecule has 2 N–H and O–H groups in total. The summed E-state index contributed by atoms with van der Waals surface area (Å²) in [7, 11) is 0. The van der Waals surface area contributed by atoms with Gasteiger partial charge in [-0.05, 0) is 48.7 Å². The zero-order valence-corrected chi connectivity index (χ0v) is 22.9. The van der Waals surface area contributed by atoms with Gasteiger partial charge in [-0.1, -0.05) is 48.0 Å². The van der Waals surface area contributed by atoms with Crippen LogP contribution >= 0.6 is 11.6 Å². The molecule has 1 aliphatic rings. The molecule has 0 spiro atoms. The van der Waals surface area contributed by atoms with Crippen molar-refractivity contribution in [2.75, 3.05) is 18.8 Å². The Labute approximate surface area is 241 Å². The third kappa shape index (κ3) is 5.78. The number of hydrogen-bond donors (Lipinski definition) is 1. The standard InChI is InChI=1S/C30H28ClN7O3/c31-24-15-21(11-12-25(24)40-18-23-10-4-5-13-33-23)26-27-28(32)34-19-35-38(27)29(36-26)22-9-6-14-37(16-22)30(39)41-17-20-7-2-1-3-8-20/h1-5,7-8,10-13,15,19,22H,6,9,14,16-18H2,(H2,32,34,35)/t22-/m1/s1. The maximum atomic E-state index is 12.9. The number of halogens is 1. The van der Waals surface area contributed by atoms with Crippen LogP contribution in [0, 0.1) is 0 Å². The van der Waals surface area contributed by atoms with Crippen molar-refractivity contribution in [1.29, 1.82) is 0 Å². The van der Waals surface area contributed by atoms with Crippen LogP contribution in [0.3, 0.4) is 0 Å². The van der Waals surface area contributed by atoms with E-state index in [0.717, 1.165) is 29.7 Å². The molecular formula is C30H28ClN7O3.